The van der Waals surface area contributed by atoms with Crippen LogP contribution in [0.25, 0.3) is 0 Å². The Labute approximate surface area is 150 Å². The number of hydrogen-bond acceptors (Lipinski definition) is 4. The van der Waals surface area contributed by atoms with Gasteiger partial charge in [-0.15, -0.1) is 0 Å². The smallest absolute Gasteiger partial charge is 0.315 e. The number of carbonyl (C=O) groups is 2. The number of benzene rings is 1. The maximum absolute atomic E-state index is 12.4. The number of phenols is 1. The Morgan fingerprint density at radius 2 is 1.52 bits per heavy atom. The molecule has 1 rings (SSSR count). The lowest BCUT2D eigenvalue weighted by molar-refractivity contribution is -0.151. The molecule has 2 N–H and O–H groups in total. The number of rotatable bonds is 5. The van der Waals surface area contributed by atoms with Crippen LogP contribution in [0.2, 0.25) is 0 Å². The molecule has 0 radical (unpaired) electrons. The minimum atomic E-state index is -0.686. The lowest BCUT2D eigenvalue weighted by atomic mass is 9.77. The number of esters is 1. The van der Waals surface area contributed by atoms with Crippen LogP contribution in [-0.2, 0) is 25.2 Å². The standard InChI is InChI=1S/C20H31NO4/c1-12(18(24)25-13(2)21-11-22)14-9-15(19(3,4)5)17(23)16(10-14)20(6,7)8/h9-13,23H,1-8H3,(H,21,22). The molecule has 0 aliphatic heterocycles. The third kappa shape index (κ3) is 5.21. The van der Waals surface area contributed by atoms with E-state index in [1.165, 1.54) is 0 Å². The van der Waals surface area contributed by atoms with E-state index in [0.29, 0.717) is 6.41 Å². The van der Waals surface area contributed by atoms with Crippen LogP contribution in [0.5, 0.6) is 5.75 Å². The van der Waals surface area contributed by atoms with Crippen molar-refractivity contribution in [3.63, 3.8) is 0 Å². The largest absolute Gasteiger partial charge is 0.507 e. The predicted molar refractivity (Wildman–Crippen MR) is 98.7 cm³/mol. The fraction of sp³-hybridized carbons (Fsp3) is 0.600. The fourth-order valence-electron chi connectivity index (χ4n) is 2.59. The van der Waals surface area contributed by atoms with Crippen molar-refractivity contribution >= 4 is 12.4 Å². The van der Waals surface area contributed by atoms with Gasteiger partial charge in [-0.3, -0.25) is 9.59 Å². The first-order chi connectivity index (χ1) is 11.3. The van der Waals surface area contributed by atoms with Gasteiger partial charge >= 0.3 is 5.97 Å². The van der Waals surface area contributed by atoms with Crippen LogP contribution >= 0.6 is 0 Å². The van der Waals surface area contributed by atoms with Gasteiger partial charge in [-0.2, -0.15) is 0 Å². The van der Waals surface area contributed by atoms with Gasteiger partial charge in [0.25, 0.3) is 0 Å². The first kappa shape index (κ1) is 21.0. The molecular weight excluding hydrogens is 318 g/mol. The molecule has 0 saturated heterocycles. The highest BCUT2D eigenvalue weighted by Crippen LogP contribution is 2.41. The number of carbonyl (C=O) groups excluding carboxylic acids is 2. The summed E-state index contributed by atoms with van der Waals surface area (Å²) in [7, 11) is 0. The SMILES string of the molecule is CC(NC=O)OC(=O)C(C)c1cc(C(C)(C)C)c(O)c(C(C)(C)C)c1. The van der Waals surface area contributed by atoms with E-state index >= 15 is 0 Å². The minimum absolute atomic E-state index is 0.268. The molecule has 0 aliphatic carbocycles. The fourth-order valence-corrected chi connectivity index (χ4v) is 2.59. The molecule has 0 heterocycles. The molecule has 1 aromatic carbocycles. The van der Waals surface area contributed by atoms with Gasteiger partial charge in [-0.05, 0) is 41.4 Å². The molecule has 25 heavy (non-hydrogen) atoms. The van der Waals surface area contributed by atoms with E-state index in [0.717, 1.165) is 16.7 Å². The first-order valence-corrected chi connectivity index (χ1v) is 8.57. The van der Waals surface area contributed by atoms with E-state index in [1.807, 2.05) is 53.7 Å². The molecule has 0 spiro atoms. The van der Waals surface area contributed by atoms with E-state index in [9.17, 15) is 14.7 Å². The van der Waals surface area contributed by atoms with Crippen molar-refractivity contribution < 1.29 is 19.4 Å². The Morgan fingerprint density at radius 1 is 1.08 bits per heavy atom. The summed E-state index contributed by atoms with van der Waals surface area (Å²) in [5.41, 5.74) is 1.85. The van der Waals surface area contributed by atoms with Crippen LogP contribution in [0.15, 0.2) is 12.1 Å². The second-order valence-corrected chi connectivity index (χ2v) is 8.55. The number of aromatic hydroxyl groups is 1. The Kier molecular flexibility index (Phi) is 6.27. The number of hydrogen-bond donors (Lipinski definition) is 2. The zero-order chi connectivity index (χ0) is 19.6. The van der Waals surface area contributed by atoms with Crippen molar-refractivity contribution in [2.75, 3.05) is 0 Å². The second kappa shape index (κ2) is 7.46. The third-order valence-electron chi connectivity index (χ3n) is 4.20. The number of nitrogens with one attached hydrogen (secondary N) is 1. The minimum Gasteiger partial charge on any atom is -0.507 e. The van der Waals surface area contributed by atoms with Gasteiger partial charge in [-0.25, -0.2) is 0 Å². The molecule has 0 fully saturated rings. The van der Waals surface area contributed by atoms with Gasteiger partial charge in [0.1, 0.15) is 5.75 Å². The van der Waals surface area contributed by atoms with Crippen molar-refractivity contribution in [3.8, 4) is 5.75 Å². The number of ether oxygens (including phenoxy) is 1. The molecule has 2 atom stereocenters. The first-order valence-electron chi connectivity index (χ1n) is 8.57. The summed E-state index contributed by atoms with van der Waals surface area (Å²) in [6.45, 7) is 15.5. The van der Waals surface area contributed by atoms with Gasteiger partial charge < -0.3 is 15.2 Å². The molecule has 0 aliphatic rings. The number of amides is 1. The summed E-state index contributed by atoms with van der Waals surface area (Å²) >= 11 is 0. The topological polar surface area (TPSA) is 75.6 Å². The lowest BCUT2D eigenvalue weighted by Gasteiger charge is -2.29. The molecule has 0 bridgehead atoms. The Morgan fingerprint density at radius 3 is 1.88 bits per heavy atom. The maximum atomic E-state index is 12.4. The van der Waals surface area contributed by atoms with E-state index in [1.54, 1.807) is 13.8 Å². The van der Waals surface area contributed by atoms with Crippen LogP contribution in [0.1, 0.15) is 78.0 Å². The highest BCUT2D eigenvalue weighted by Gasteiger charge is 2.29. The second-order valence-electron chi connectivity index (χ2n) is 8.55. The summed E-state index contributed by atoms with van der Waals surface area (Å²) in [4.78, 5) is 22.8. The summed E-state index contributed by atoms with van der Waals surface area (Å²) in [6, 6.07) is 3.74. The predicted octanol–water partition coefficient (Wildman–Crippen LogP) is 3.73. The molecule has 2 unspecified atom stereocenters. The number of phenolic OH excluding ortho intramolecular Hbond substituents is 1. The zero-order valence-corrected chi connectivity index (χ0v) is 16.6. The molecule has 1 amide bonds. The van der Waals surface area contributed by atoms with Gasteiger partial charge in [0, 0.05) is 0 Å². The van der Waals surface area contributed by atoms with Crippen molar-refractivity contribution in [1.29, 1.82) is 0 Å². The van der Waals surface area contributed by atoms with Crippen LogP contribution < -0.4 is 5.32 Å². The molecule has 1 aromatic rings. The van der Waals surface area contributed by atoms with Crippen molar-refractivity contribution in [3.05, 3.63) is 28.8 Å². The van der Waals surface area contributed by atoms with E-state index in [2.05, 4.69) is 5.32 Å². The van der Waals surface area contributed by atoms with E-state index < -0.39 is 18.1 Å². The molecule has 5 heteroatoms. The summed E-state index contributed by atoms with van der Waals surface area (Å²) < 4.78 is 5.24. The van der Waals surface area contributed by atoms with E-state index in [4.69, 9.17) is 4.74 Å². The van der Waals surface area contributed by atoms with Crippen molar-refractivity contribution in [2.45, 2.75) is 78.4 Å². The van der Waals surface area contributed by atoms with Crippen LogP contribution in [0, 0.1) is 0 Å². The Hall–Kier alpha value is -2.04. The lowest BCUT2D eigenvalue weighted by Crippen LogP contribution is -2.31. The summed E-state index contributed by atoms with van der Waals surface area (Å²) in [5, 5.41) is 13.2. The molecular formula is C20H31NO4. The van der Waals surface area contributed by atoms with Crippen LogP contribution in [0.4, 0.5) is 0 Å². The monoisotopic (exact) mass is 349 g/mol. The zero-order valence-electron chi connectivity index (χ0n) is 16.6. The Balaban J connectivity index is 3.35. The maximum Gasteiger partial charge on any atom is 0.315 e. The summed E-state index contributed by atoms with van der Waals surface area (Å²) in [5.74, 6) is -0.661. The van der Waals surface area contributed by atoms with Crippen molar-refractivity contribution in [1.82, 2.24) is 5.32 Å². The van der Waals surface area contributed by atoms with Gasteiger partial charge in [0.15, 0.2) is 6.23 Å². The van der Waals surface area contributed by atoms with E-state index in [-0.39, 0.29) is 16.6 Å². The van der Waals surface area contributed by atoms with Crippen molar-refractivity contribution in [2.24, 2.45) is 0 Å². The van der Waals surface area contributed by atoms with Crippen LogP contribution in [0.3, 0.4) is 0 Å². The Bertz CT molecular complexity index is 603. The van der Waals surface area contributed by atoms with Crippen LogP contribution in [-0.4, -0.2) is 23.7 Å². The quantitative estimate of drug-likeness (QED) is 0.482. The average Bonchev–Trinajstić information content (AvgIpc) is 2.44. The average molecular weight is 349 g/mol. The third-order valence-corrected chi connectivity index (χ3v) is 4.20. The highest BCUT2D eigenvalue weighted by molar-refractivity contribution is 5.78. The van der Waals surface area contributed by atoms with Gasteiger partial charge in [0.05, 0.1) is 5.92 Å². The molecule has 140 valence electrons. The molecule has 0 aromatic heterocycles. The highest BCUT2D eigenvalue weighted by atomic mass is 16.6. The molecule has 5 nitrogen and oxygen atoms in total. The van der Waals surface area contributed by atoms with Gasteiger partial charge in [-0.1, -0.05) is 53.7 Å². The normalized spacial score (nSPS) is 14.6. The summed E-state index contributed by atoms with van der Waals surface area (Å²) in [6.07, 6.45) is -0.188. The van der Waals surface area contributed by atoms with Gasteiger partial charge in [0.2, 0.25) is 6.41 Å². The molecule has 0 saturated carbocycles.